The standard InChI is InChI=1S/C12H22N4S/c1-10(2)16-7-5-15(6-8-16)4-3-11-9-17-12(13)14-11/h9-10H,3-8H2,1-2H3,(H2,13,14). The van der Waals surface area contributed by atoms with E-state index in [0.717, 1.165) is 18.7 Å². The molecule has 0 aromatic carbocycles. The van der Waals surface area contributed by atoms with Gasteiger partial charge in [0.1, 0.15) is 0 Å². The van der Waals surface area contributed by atoms with Gasteiger partial charge in [-0.3, -0.25) is 4.90 Å². The fourth-order valence-corrected chi connectivity index (χ4v) is 2.81. The summed E-state index contributed by atoms with van der Waals surface area (Å²) in [6.45, 7) is 10.4. The molecule has 0 amide bonds. The van der Waals surface area contributed by atoms with Crippen molar-refractivity contribution in [2.75, 3.05) is 38.5 Å². The average Bonchev–Trinajstić information content (AvgIpc) is 2.73. The van der Waals surface area contributed by atoms with Gasteiger partial charge in [-0.25, -0.2) is 4.98 Å². The Morgan fingerprint density at radius 2 is 2.06 bits per heavy atom. The van der Waals surface area contributed by atoms with E-state index >= 15 is 0 Å². The molecule has 2 heterocycles. The highest BCUT2D eigenvalue weighted by Crippen LogP contribution is 2.12. The lowest BCUT2D eigenvalue weighted by Gasteiger charge is -2.36. The summed E-state index contributed by atoms with van der Waals surface area (Å²) < 4.78 is 0. The molecule has 0 unspecified atom stereocenters. The van der Waals surface area contributed by atoms with Crippen LogP contribution >= 0.6 is 11.3 Å². The SMILES string of the molecule is CC(C)N1CCN(CCc2csc(N)n2)CC1. The minimum atomic E-state index is 0.676. The summed E-state index contributed by atoms with van der Waals surface area (Å²) in [7, 11) is 0. The number of aromatic nitrogens is 1. The predicted octanol–water partition coefficient (Wildman–Crippen LogP) is 1.29. The van der Waals surface area contributed by atoms with E-state index in [0.29, 0.717) is 11.2 Å². The number of thiazole rings is 1. The third-order valence-electron chi connectivity index (χ3n) is 3.39. The van der Waals surface area contributed by atoms with Crippen LogP contribution < -0.4 is 5.73 Å². The minimum absolute atomic E-state index is 0.676. The van der Waals surface area contributed by atoms with Gasteiger partial charge < -0.3 is 10.6 Å². The molecule has 0 spiro atoms. The zero-order valence-electron chi connectivity index (χ0n) is 10.7. The summed E-state index contributed by atoms with van der Waals surface area (Å²) >= 11 is 1.54. The van der Waals surface area contributed by atoms with Crippen molar-refractivity contribution in [2.24, 2.45) is 0 Å². The Bertz CT molecular complexity index is 342. The van der Waals surface area contributed by atoms with Crippen LogP contribution in [0.5, 0.6) is 0 Å². The van der Waals surface area contributed by atoms with Gasteiger partial charge >= 0.3 is 0 Å². The number of anilines is 1. The number of hydrogen-bond donors (Lipinski definition) is 1. The molecule has 0 radical (unpaired) electrons. The van der Waals surface area contributed by atoms with Gasteiger partial charge in [-0.05, 0) is 13.8 Å². The van der Waals surface area contributed by atoms with Crippen LogP contribution in [-0.4, -0.2) is 53.5 Å². The Labute approximate surface area is 107 Å². The molecule has 2 rings (SSSR count). The highest BCUT2D eigenvalue weighted by Gasteiger charge is 2.18. The van der Waals surface area contributed by atoms with E-state index in [1.807, 2.05) is 0 Å². The molecular formula is C12H22N4S. The third kappa shape index (κ3) is 3.66. The van der Waals surface area contributed by atoms with Crippen LogP contribution in [-0.2, 0) is 6.42 Å². The number of nitrogens with two attached hydrogens (primary N) is 1. The van der Waals surface area contributed by atoms with Crippen LogP contribution in [0.2, 0.25) is 0 Å². The van der Waals surface area contributed by atoms with Crippen molar-refractivity contribution in [3.63, 3.8) is 0 Å². The van der Waals surface area contributed by atoms with Crippen LogP contribution in [0, 0.1) is 0 Å². The first-order valence-electron chi connectivity index (χ1n) is 6.31. The molecule has 1 aromatic heterocycles. The van der Waals surface area contributed by atoms with Crippen molar-refractivity contribution >= 4 is 16.5 Å². The first-order chi connectivity index (χ1) is 8.15. The first kappa shape index (κ1) is 12.8. The number of nitrogen functional groups attached to an aromatic ring is 1. The van der Waals surface area contributed by atoms with Crippen molar-refractivity contribution in [3.05, 3.63) is 11.1 Å². The fraction of sp³-hybridized carbons (Fsp3) is 0.750. The Hall–Kier alpha value is -0.650. The normalized spacial score (nSPS) is 19.0. The van der Waals surface area contributed by atoms with Crippen molar-refractivity contribution in [2.45, 2.75) is 26.3 Å². The minimum Gasteiger partial charge on any atom is -0.375 e. The zero-order valence-corrected chi connectivity index (χ0v) is 11.5. The predicted molar refractivity (Wildman–Crippen MR) is 73.4 cm³/mol. The molecule has 0 aliphatic carbocycles. The first-order valence-corrected chi connectivity index (χ1v) is 7.19. The van der Waals surface area contributed by atoms with Crippen molar-refractivity contribution in [1.82, 2.24) is 14.8 Å². The van der Waals surface area contributed by atoms with E-state index in [1.54, 1.807) is 0 Å². The molecule has 1 fully saturated rings. The second kappa shape index (κ2) is 5.80. The topological polar surface area (TPSA) is 45.4 Å². The fourth-order valence-electron chi connectivity index (χ4n) is 2.21. The highest BCUT2D eigenvalue weighted by molar-refractivity contribution is 7.13. The van der Waals surface area contributed by atoms with E-state index in [1.165, 1.54) is 37.5 Å². The lowest BCUT2D eigenvalue weighted by Crippen LogP contribution is -2.49. The van der Waals surface area contributed by atoms with Gasteiger partial charge in [-0.2, -0.15) is 0 Å². The molecule has 2 N–H and O–H groups in total. The van der Waals surface area contributed by atoms with Gasteiger partial charge in [0.15, 0.2) is 5.13 Å². The molecule has 1 aliphatic rings. The summed E-state index contributed by atoms with van der Waals surface area (Å²) in [5.74, 6) is 0. The van der Waals surface area contributed by atoms with Crippen LogP contribution in [0.15, 0.2) is 5.38 Å². The van der Waals surface area contributed by atoms with Gasteiger partial charge in [0, 0.05) is 50.6 Å². The molecule has 0 atom stereocenters. The number of rotatable bonds is 4. The Balaban J connectivity index is 1.71. The number of nitrogens with zero attached hydrogens (tertiary/aromatic N) is 3. The van der Waals surface area contributed by atoms with E-state index in [-0.39, 0.29) is 0 Å². The van der Waals surface area contributed by atoms with Crippen molar-refractivity contribution in [3.8, 4) is 0 Å². The zero-order chi connectivity index (χ0) is 12.3. The van der Waals surface area contributed by atoms with Gasteiger partial charge in [-0.15, -0.1) is 11.3 Å². The molecule has 0 bridgehead atoms. The summed E-state index contributed by atoms with van der Waals surface area (Å²) in [5.41, 5.74) is 6.76. The second-order valence-corrected chi connectivity index (χ2v) is 5.79. The van der Waals surface area contributed by atoms with Crippen molar-refractivity contribution < 1.29 is 0 Å². The summed E-state index contributed by atoms with van der Waals surface area (Å²) in [5, 5.41) is 2.75. The Kier molecular flexibility index (Phi) is 4.36. The Morgan fingerprint density at radius 3 is 2.59 bits per heavy atom. The molecule has 17 heavy (non-hydrogen) atoms. The molecule has 0 saturated carbocycles. The van der Waals surface area contributed by atoms with Crippen LogP contribution in [0.1, 0.15) is 19.5 Å². The highest BCUT2D eigenvalue weighted by atomic mass is 32.1. The molecule has 1 saturated heterocycles. The molecule has 96 valence electrons. The average molecular weight is 254 g/mol. The lowest BCUT2D eigenvalue weighted by atomic mass is 10.2. The van der Waals surface area contributed by atoms with E-state index < -0.39 is 0 Å². The monoisotopic (exact) mass is 254 g/mol. The van der Waals surface area contributed by atoms with Crippen molar-refractivity contribution in [1.29, 1.82) is 0 Å². The summed E-state index contributed by atoms with van der Waals surface area (Å²) in [6.07, 6.45) is 1.02. The van der Waals surface area contributed by atoms with Crippen LogP contribution in [0.4, 0.5) is 5.13 Å². The van der Waals surface area contributed by atoms with Gasteiger partial charge in [0.2, 0.25) is 0 Å². The quantitative estimate of drug-likeness (QED) is 0.879. The second-order valence-electron chi connectivity index (χ2n) is 4.90. The number of hydrogen-bond acceptors (Lipinski definition) is 5. The summed E-state index contributed by atoms with van der Waals surface area (Å²) in [6, 6.07) is 0.676. The lowest BCUT2D eigenvalue weighted by molar-refractivity contribution is 0.109. The maximum atomic E-state index is 5.63. The van der Waals surface area contributed by atoms with Gasteiger partial charge in [0.05, 0.1) is 5.69 Å². The number of piperazine rings is 1. The van der Waals surface area contributed by atoms with E-state index in [4.69, 9.17) is 5.73 Å². The van der Waals surface area contributed by atoms with E-state index in [9.17, 15) is 0 Å². The molecule has 4 nitrogen and oxygen atoms in total. The maximum Gasteiger partial charge on any atom is 0.180 e. The van der Waals surface area contributed by atoms with Crippen LogP contribution in [0.3, 0.4) is 0 Å². The maximum absolute atomic E-state index is 5.63. The molecular weight excluding hydrogens is 232 g/mol. The molecule has 1 aliphatic heterocycles. The van der Waals surface area contributed by atoms with Gasteiger partial charge in [-0.1, -0.05) is 0 Å². The smallest absolute Gasteiger partial charge is 0.180 e. The Morgan fingerprint density at radius 1 is 1.35 bits per heavy atom. The largest absolute Gasteiger partial charge is 0.375 e. The van der Waals surface area contributed by atoms with Crippen LogP contribution in [0.25, 0.3) is 0 Å². The van der Waals surface area contributed by atoms with Gasteiger partial charge in [0.25, 0.3) is 0 Å². The molecule has 5 heteroatoms. The van der Waals surface area contributed by atoms with E-state index in [2.05, 4.69) is 34.0 Å². The third-order valence-corrected chi connectivity index (χ3v) is 4.11. The summed E-state index contributed by atoms with van der Waals surface area (Å²) in [4.78, 5) is 9.36. The molecule has 1 aromatic rings.